The molecule has 152 valence electrons. The fraction of sp³-hybridized carbons (Fsp3) is 0.417. The van der Waals surface area contributed by atoms with Gasteiger partial charge in [-0.3, -0.25) is 9.59 Å². The van der Waals surface area contributed by atoms with Crippen molar-refractivity contribution in [2.24, 2.45) is 0 Å². The number of amides is 2. The van der Waals surface area contributed by atoms with E-state index < -0.39 is 6.10 Å². The summed E-state index contributed by atoms with van der Waals surface area (Å²) in [6, 6.07) is 19.7. The number of nitrogens with one attached hydrogen (secondary N) is 1. The van der Waals surface area contributed by atoms with Crippen LogP contribution in [0, 0.1) is 0 Å². The Hall–Kier alpha value is -2.66. The summed E-state index contributed by atoms with van der Waals surface area (Å²) in [7, 11) is 0. The van der Waals surface area contributed by atoms with Gasteiger partial charge in [0.25, 0.3) is 5.91 Å². The maximum Gasteiger partial charge on any atom is 0.251 e. The van der Waals surface area contributed by atoms with Gasteiger partial charge >= 0.3 is 0 Å². The molecule has 4 rings (SSSR count). The highest BCUT2D eigenvalue weighted by atomic mass is 16.5. The van der Waals surface area contributed by atoms with Crippen LogP contribution < -0.4 is 5.32 Å². The Kier molecular flexibility index (Phi) is 6.25. The van der Waals surface area contributed by atoms with Crippen LogP contribution in [0.3, 0.4) is 0 Å². The highest BCUT2D eigenvalue weighted by Crippen LogP contribution is 2.36. The summed E-state index contributed by atoms with van der Waals surface area (Å²) in [5, 5.41) is 3.02. The summed E-state index contributed by atoms with van der Waals surface area (Å²) in [6.07, 6.45) is 4.33. The van der Waals surface area contributed by atoms with E-state index in [1.54, 1.807) is 0 Å². The minimum Gasteiger partial charge on any atom is -0.356 e. The second-order valence-corrected chi connectivity index (χ2v) is 7.85. The molecule has 2 fully saturated rings. The number of rotatable bonds is 6. The lowest BCUT2D eigenvalue weighted by atomic mass is 9.95. The van der Waals surface area contributed by atoms with E-state index in [0.717, 1.165) is 37.7 Å². The lowest BCUT2D eigenvalue weighted by Gasteiger charge is -2.43. The maximum absolute atomic E-state index is 13.1. The van der Waals surface area contributed by atoms with E-state index in [4.69, 9.17) is 4.74 Å². The number of ether oxygens (including phenoxy) is 1. The minimum atomic E-state index is -0.688. The number of benzene rings is 2. The second-order valence-electron chi connectivity index (χ2n) is 7.85. The molecule has 2 aliphatic rings. The molecule has 0 unspecified atom stereocenters. The minimum absolute atomic E-state index is 0.0147. The van der Waals surface area contributed by atoms with Gasteiger partial charge in [0, 0.05) is 12.6 Å². The van der Waals surface area contributed by atoms with Gasteiger partial charge in [0.15, 0.2) is 6.10 Å². The van der Waals surface area contributed by atoms with Crippen molar-refractivity contribution in [2.75, 3.05) is 13.2 Å². The van der Waals surface area contributed by atoms with Crippen LogP contribution in [0.2, 0.25) is 0 Å². The highest BCUT2D eigenvalue weighted by Gasteiger charge is 2.44. The number of nitrogens with zero attached hydrogens (tertiary/aromatic N) is 1. The normalized spacial score (nSPS) is 22.6. The topological polar surface area (TPSA) is 58.6 Å². The molecular weight excluding hydrogens is 364 g/mol. The number of carbonyl (C=O) groups excluding carboxylic acids is 2. The summed E-state index contributed by atoms with van der Waals surface area (Å²) in [4.78, 5) is 27.8. The highest BCUT2D eigenvalue weighted by molar-refractivity contribution is 5.86. The molecule has 2 amide bonds. The zero-order valence-electron chi connectivity index (χ0n) is 16.6. The first-order chi connectivity index (χ1) is 14.2. The predicted molar refractivity (Wildman–Crippen MR) is 111 cm³/mol. The van der Waals surface area contributed by atoms with E-state index in [1.165, 1.54) is 5.56 Å². The molecule has 0 radical (unpaired) electrons. The molecule has 1 saturated heterocycles. The molecule has 0 spiro atoms. The predicted octanol–water partition coefficient (Wildman–Crippen LogP) is 3.26. The Bertz CT molecular complexity index is 819. The smallest absolute Gasteiger partial charge is 0.251 e. The molecule has 0 bridgehead atoms. The lowest BCUT2D eigenvalue weighted by molar-refractivity contribution is -0.168. The van der Waals surface area contributed by atoms with E-state index in [-0.39, 0.29) is 30.5 Å². The Morgan fingerprint density at radius 2 is 1.66 bits per heavy atom. The Morgan fingerprint density at radius 1 is 1.00 bits per heavy atom. The van der Waals surface area contributed by atoms with Crippen molar-refractivity contribution < 1.29 is 14.3 Å². The van der Waals surface area contributed by atoms with Crippen molar-refractivity contribution in [2.45, 2.75) is 50.3 Å². The SMILES string of the molecule is O=C(NCCc1ccccc1)[C@H]1OCC(=O)N(C2CCCC2)[C@@H]1c1ccccc1. The molecular formula is C24H28N2O3. The van der Waals surface area contributed by atoms with Crippen LogP contribution in [0.4, 0.5) is 0 Å². The summed E-state index contributed by atoms with van der Waals surface area (Å²) >= 11 is 0. The first kappa shape index (κ1) is 19.6. The quantitative estimate of drug-likeness (QED) is 0.821. The molecule has 0 aromatic heterocycles. The number of morpholine rings is 1. The molecule has 5 heteroatoms. The van der Waals surface area contributed by atoms with Gasteiger partial charge in [-0.15, -0.1) is 0 Å². The van der Waals surface area contributed by atoms with E-state index in [9.17, 15) is 9.59 Å². The van der Waals surface area contributed by atoms with Crippen molar-refractivity contribution in [1.82, 2.24) is 10.2 Å². The van der Waals surface area contributed by atoms with Crippen molar-refractivity contribution in [1.29, 1.82) is 0 Å². The van der Waals surface area contributed by atoms with E-state index >= 15 is 0 Å². The second kappa shape index (κ2) is 9.23. The first-order valence-corrected chi connectivity index (χ1v) is 10.5. The molecule has 2 atom stereocenters. The molecule has 1 aliphatic carbocycles. The van der Waals surface area contributed by atoms with Gasteiger partial charge in [-0.1, -0.05) is 73.5 Å². The average molecular weight is 392 g/mol. The number of carbonyl (C=O) groups is 2. The summed E-state index contributed by atoms with van der Waals surface area (Å²) in [5.41, 5.74) is 2.13. The van der Waals surface area contributed by atoms with Crippen molar-refractivity contribution in [3.8, 4) is 0 Å². The summed E-state index contributed by atoms with van der Waals surface area (Å²) < 4.78 is 5.81. The van der Waals surface area contributed by atoms with Crippen molar-refractivity contribution in [3.05, 3.63) is 71.8 Å². The van der Waals surface area contributed by atoms with Gasteiger partial charge in [0.2, 0.25) is 5.91 Å². The van der Waals surface area contributed by atoms with E-state index in [2.05, 4.69) is 17.4 Å². The van der Waals surface area contributed by atoms with Gasteiger partial charge in [-0.25, -0.2) is 0 Å². The van der Waals surface area contributed by atoms with Crippen molar-refractivity contribution >= 4 is 11.8 Å². The van der Waals surface area contributed by atoms with Crippen LogP contribution in [0.25, 0.3) is 0 Å². The Morgan fingerprint density at radius 3 is 2.34 bits per heavy atom. The third-order valence-corrected chi connectivity index (χ3v) is 5.93. The van der Waals surface area contributed by atoms with Crippen LogP contribution >= 0.6 is 0 Å². The van der Waals surface area contributed by atoms with Crippen molar-refractivity contribution in [3.63, 3.8) is 0 Å². The third kappa shape index (κ3) is 4.51. The standard InChI is InChI=1S/C24H28N2O3/c27-21-17-29-23(24(28)25-16-15-18-9-3-1-4-10-18)22(19-11-5-2-6-12-19)26(21)20-13-7-8-14-20/h1-6,9-12,20,22-23H,7-8,13-17H2,(H,25,28)/t22-,23+/m1/s1. The lowest BCUT2D eigenvalue weighted by Crippen LogP contribution is -2.57. The van der Waals surface area contributed by atoms with Crippen LogP contribution in [0.15, 0.2) is 60.7 Å². The molecule has 1 heterocycles. The maximum atomic E-state index is 13.1. The third-order valence-electron chi connectivity index (χ3n) is 5.93. The summed E-state index contributed by atoms with van der Waals surface area (Å²) in [6.45, 7) is 0.512. The first-order valence-electron chi connectivity index (χ1n) is 10.5. The number of hydrogen-bond donors (Lipinski definition) is 1. The molecule has 2 aromatic rings. The van der Waals surface area contributed by atoms with Gasteiger partial charge in [0.1, 0.15) is 6.61 Å². The summed E-state index contributed by atoms with van der Waals surface area (Å²) in [5.74, 6) is -0.163. The largest absolute Gasteiger partial charge is 0.356 e. The van der Waals surface area contributed by atoms with Crippen LogP contribution in [-0.2, 0) is 20.7 Å². The molecule has 1 saturated carbocycles. The molecule has 1 N–H and O–H groups in total. The van der Waals surface area contributed by atoms with Crippen LogP contribution in [0.5, 0.6) is 0 Å². The van der Waals surface area contributed by atoms with Gasteiger partial charge in [0.05, 0.1) is 6.04 Å². The Labute approximate surface area is 172 Å². The fourth-order valence-electron chi connectivity index (χ4n) is 4.52. The van der Waals surface area contributed by atoms with Gasteiger partial charge < -0.3 is 15.0 Å². The molecule has 2 aromatic carbocycles. The molecule has 5 nitrogen and oxygen atoms in total. The van der Waals surface area contributed by atoms with Gasteiger partial charge in [-0.05, 0) is 30.4 Å². The molecule has 29 heavy (non-hydrogen) atoms. The monoisotopic (exact) mass is 392 g/mol. The zero-order valence-corrected chi connectivity index (χ0v) is 16.6. The van der Waals surface area contributed by atoms with Crippen LogP contribution in [0.1, 0.15) is 42.9 Å². The van der Waals surface area contributed by atoms with E-state index in [1.807, 2.05) is 53.4 Å². The average Bonchev–Trinajstić information content (AvgIpc) is 3.29. The van der Waals surface area contributed by atoms with Crippen LogP contribution in [-0.4, -0.2) is 42.0 Å². The Balaban J connectivity index is 1.51. The number of hydrogen-bond acceptors (Lipinski definition) is 3. The van der Waals surface area contributed by atoms with Gasteiger partial charge in [-0.2, -0.15) is 0 Å². The fourth-order valence-corrected chi connectivity index (χ4v) is 4.52. The molecule has 1 aliphatic heterocycles. The zero-order chi connectivity index (χ0) is 20.1. The van der Waals surface area contributed by atoms with E-state index in [0.29, 0.717) is 6.54 Å².